The molecule has 92 valence electrons. The van der Waals surface area contributed by atoms with Gasteiger partial charge in [-0.3, -0.25) is 10.6 Å². The predicted molar refractivity (Wildman–Crippen MR) is 64.4 cm³/mol. The Hall–Kier alpha value is -1.69. The normalized spacial score (nSPS) is 14.8. The van der Waals surface area contributed by atoms with Crippen LogP contribution in [0.25, 0.3) is 0 Å². The Morgan fingerprint density at radius 2 is 2.24 bits per heavy atom. The predicted octanol–water partition coefficient (Wildman–Crippen LogP) is 0.778. The van der Waals surface area contributed by atoms with Gasteiger partial charge >= 0.3 is 0 Å². The summed E-state index contributed by atoms with van der Waals surface area (Å²) in [5.41, 5.74) is 3.22. The maximum atomic E-state index is 12.0. The van der Waals surface area contributed by atoms with Gasteiger partial charge in [0.25, 0.3) is 5.91 Å². The molecular formula is C11H17N5O. The summed E-state index contributed by atoms with van der Waals surface area (Å²) in [6.45, 7) is 3.96. The number of nitrogens with zero attached hydrogens (tertiary/aromatic N) is 2. The van der Waals surface area contributed by atoms with E-state index in [4.69, 9.17) is 5.84 Å². The standard InChI is InChI=1S/C11H17N5O/c1-6(2)10-13-5-8(16-12)9(15-10)11(17)14-7-3-4-7/h5-7,16H,3-4,12H2,1-2H3,(H,14,17). The zero-order valence-corrected chi connectivity index (χ0v) is 10.0. The minimum Gasteiger partial charge on any atom is -0.348 e. The number of nitrogen functional groups attached to an aromatic ring is 1. The maximum Gasteiger partial charge on any atom is 0.272 e. The third-order valence-corrected chi connectivity index (χ3v) is 2.61. The highest BCUT2D eigenvalue weighted by Gasteiger charge is 2.26. The fraction of sp³-hybridized carbons (Fsp3) is 0.545. The molecule has 0 aromatic carbocycles. The van der Waals surface area contributed by atoms with Crippen LogP contribution >= 0.6 is 0 Å². The summed E-state index contributed by atoms with van der Waals surface area (Å²) < 4.78 is 0. The molecule has 1 amide bonds. The van der Waals surface area contributed by atoms with Gasteiger partial charge in [-0.25, -0.2) is 9.97 Å². The molecule has 6 heteroatoms. The molecule has 0 spiro atoms. The second kappa shape index (κ2) is 4.67. The van der Waals surface area contributed by atoms with Crippen molar-refractivity contribution in [1.29, 1.82) is 0 Å². The van der Waals surface area contributed by atoms with Crippen molar-refractivity contribution in [3.8, 4) is 0 Å². The van der Waals surface area contributed by atoms with Crippen LogP contribution in [-0.4, -0.2) is 21.9 Å². The van der Waals surface area contributed by atoms with E-state index in [1.165, 1.54) is 0 Å². The van der Waals surface area contributed by atoms with Crippen LogP contribution in [-0.2, 0) is 0 Å². The minimum absolute atomic E-state index is 0.175. The second-order valence-corrected chi connectivity index (χ2v) is 4.54. The van der Waals surface area contributed by atoms with Crippen LogP contribution in [0.2, 0.25) is 0 Å². The first-order chi connectivity index (χ1) is 8.11. The van der Waals surface area contributed by atoms with Crippen LogP contribution in [0.1, 0.15) is 48.9 Å². The van der Waals surface area contributed by atoms with Crippen molar-refractivity contribution in [2.45, 2.75) is 38.6 Å². The van der Waals surface area contributed by atoms with Crippen molar-refractivity contribution in [3.05, 3.63) is 17.7 Å². The van der Waals surface area contributed by atoms with E-state index >= 15 is 0 Å². The van der Waals surface area contributed by atoms with Crippen LogP contribution in [0.15, 0.2) is 6.20 Å². The molecule has 17 heavy (non-hydrogen) atoms. The molecule has 0 saturated heterocycles. The van der Waals surface area contributed by atoms with Crippen LogP contribution < -0.4 is 16.6 Å². The first-order valence-electron chi connectivity index (χ1n) is 5.76. The third kappa shape index (κ3) is 2.71. The lowest BCUT2D eigenvalue weighted by molar-refractivity contribution is 0.0946. The molecule has 1 saturated carbocycles. The summed E-state index contributed by atoms with van der Waals surface area (Å²) in [7, 11) is 0. The summed E-state index contributed by atoms with van der Waals surface area (Å²) >= 11 is 0. The van der Waals surface area contributed by atoms with E-state index in [9.17, 15) is 4.79 Å². The Balaban J connectivity index is 2.27. The van der Waals surface area contributed by atoms with E-state index in [2.05, 4.69) is 20.7 Å². The van der Waals surface area contributed by atoms with Crippen molar-refractivity contribution in [2.24, 2.45) is 5.84 Å². The molecule has 2 rings (SSSR count). The number of hydrazine groups is 1. The summed E-state index contributed by atoms with van der Waals surface area (Å²) in [4.78, 5) is 20.4. The molecule has 0 unspecified atom stereocenters. The van der Waals surface area contributed by atoms with Crippen molar-refractivity contribution in [2.75, 3.05) is 5.43 Å². The molecular weight excluding hydrogens is 218 g/mol. The number of nitrogens with one attached hydrogen (secondary N) is 2. The Morgan fingerprint density at radius 1 is 1.53 bits per heavy atom. The number of carbonyl (C=O) groups is 1. The summed E-state index contributed by atoms with van der Waals surface area (Å²) in [5.74, 6) is 5.98. The number of hydrogen-bond donors (Lipinski definition) is 3. The zero-order chi connectivity index (χ0) is 12.4. The van der Waals surface area contributed by atoms with Gasteiger partial charge in [0.2, 0.25) is 0 Å². The van der Waals surface area contributed by atoms with Crippen LogP contribution in [0.4, 0.5) is 5.69 Å². The molecule has 0 radical (unpaired) electrons. The van der Waals surface area contributed by atoms with Crippen molar-refractivity contribution in [3.63, 3.8) is 0 Å². The number of nitrogens with two attached hydrogens (primary N) is 1. The molecule has 1 heterocycles. The van der Waals surface area contributed by atoms with E-state index in [-0.39, 0.29) is 11.8 Å². The highest BCUT2D eigenvalue weighted by Crippen LogP contribution is 2.21. The first-order valence-corrected chi connectivity index (χ1v) is 5.76. The van der Waals surface area contributed by atoms with Crippen molar-refractivity contribution >= 4 is 11.6 Å². The lowest BCUT2D eigenvalue weighted by Gasteiger charge is -2.10. The van der Waals surface area contributed by atoms with Gasteiger partial charge < -0.3 is 10.7 Å². The fourth-order valence-electron chi connectivity index (χ4n) is 1.43. The van der Waals surface area contributed by atoms with Gasteiger partial charge in [0, 0.05) is 12.0 Å². The van der Waals surface area contributed by atoms with E-state index in [0.717, 1.165) is 12.8 Å². The Morgan fingerprint density at radius 3 is 2.76 bits per heavy atom. The average Bonchev–Trinajstić information content (AvgIpc) is 3.11. The first kappa shape index (κ1) is 11.8. The molecule has 1 aromatic heterocycles. The molecule has 4 N–H and O–H groups in total. The number of carbonyl (C=O) groups excluding carboxylic acids is 1. The molecule has 0 bridgehead atoms. The Kier molecular flexibility index (Phi) is 3.23. The lowest BCUT2D eigenvalue weighted by Crippen LogP contribution is -2.28. The monoisotopic (exact) mass is 235 g/mol. The molecule has 1 fully saturated rings. The second-order valence-electron chi connectivity index (χ2n) is 4.54. The topological polar surface area (TPSA) is 92.9 Å². The van der Waals surface area contributed by atoms with E-state index < -0.39 is 0 Å². The number of rotatable bonds is 4. The minimum atomic E-state index is -0.190. The molecule has 0 atom stereocenters. The van der Waals surface area contributed by atoms with Gasteiger partial charge in [0.15, 0.2) is 5.69 Å². The Bertz CT molecular complexity index is 428. The van der Waals surface area contributed by atoms with E-state index in [1.807, 2.05) is 13.8 Å². The van der Waals surface area contributed by atoms with Gasteiger partial charge in [-0.15, -0.1) is 0 Å². The fourth-order valence-corrected chi connectivity index (χ4v) is 1.43. The van der Waals surface area contributed by atoms with Crippen molar-refractivity contribution < 1.29 is 4.79 Å². The SMILES string of the molecule is CC(C)c1ncc(NN)c(C(=O)NC2CC2)n1. The smallest absolute Gasteiger partial charge is 0.272 e. The summed E-state index contributed by atoms with van der Waals surface area (Å²) in [6, 6.07) is 0.297. The summed E-state index contributed by atoms with van der Waals surface area (Å²) in [6.07, 6.45) is 3.63. The molecule has 1 aliphatic rings. The van der Waals surface area contributed by atoms with Gasteiger partial charge in [0.05, 0.1) is 11.9 Å². The Labute approximate surface area is 100.0 Å². The highest BCUT2D eigenvalue weighted by atomic mass is 16.2. The molecule has 1 aromatic rings. The maximum absolute atomic E-state index is 12.0. The van der Waals surface area contributed by atoms with E-state index in [1.54, 1.807) is 6.20 Å². The van der Waals surface area contributed by atoms with Gasteiger partial charge in [-0.2, -0.15) is 0 Å². The van der Waals surface area contributed by atoms with Crippen LogP contribution in [0, 0.1) is 0 Å². The van der Waals surface area contributed by atoms with E-state index in [0.29, 0.717) is 23.2 Å². The highest BCUT2D eigenvalue weighted by molar-refractivity contribution is 5.97. The lowest BCUT2D eigenvalue weighted by atomic mass is 10.2. The molecule has 0 aliphatic heterocycles. The van der Waals surface area contributed by atoms with Gasteiger partial charge in [0.1, 0.15) is 5.82 Å². The average molecular weight is 235 g/mol. The molecule has 1 aliphatic carbocycles. The molecule has 6 nitrogen and oxygen atoms in total. The number of aromatic nitrogens is 2. The van der Waals surface area contributed by atoms with Gasteiger partial charge in [-0.05, 0) is 12.8 Å². The summed E-state index contributed by atoms with van der Waals surface area (Å²) in [5, 5.41) is 2.89. The quantitative estimate of drug-likeness (QED) is 0.529. The number of amides is 1. The number of anilines is 1. The van der Waals surface area contributed by atoms with Crippen LogP contribution in [0.5, 0.6) is 0 Å². The largest absolute Gasteiger partial charge is 0.348 e. The van der Waals surface area contributed by atoms with Gasteiger partial charge in [-0.1, -0.05) is 13.8 Å². The third-order valence-electron chi connectivity index (χ3n) is 2.61. The number of hydrogen-bond acceptors (Lipinski definition) is 5. The zero-order valence-electron chi connectivity index (χ0n) is 10.0. The van der Waals surface area contributed by atoms with Crippen molar-refractivity contribution in [1.82, 2.24) is 15.3 Å². The van der Waals surface area contributed by atoms with Crippen LogP contribution in [0.3, 0.4) is 0 Å².